The summed E-state index contributed by atoms with van der Waals surface area (Å²) >= 11 is 0. The molecule has 0 aromatic heterocycles. The zero-order chi connectivity index (χ0) is 19.8. The summed E-state index contributed by atoms with van der Waals surface area (Å²) in [6.45, 7) is 4.27. The molecular weight excluding hydrogens is 324 g/mol. The van der Waals surface area contributed by atoms with Gasteiger partial charge in [-0.1, -0.05) is 26.2 Å². The normalized spacial score (nSPS) is 12.7. The van der Waals surface area contributed by atoms with Crippen LogP contribution in [0.25, 0.3) is 0 Å². The second-order valence-corrected chi connectivity index (χ2v) is 8.26. The lowest BCUT2D eigenvalue weighted by atomic mass is 9.88. The molecule has 0 spiro atoms. The van der Waals surface area contributed by atoms with Gasteiger partial charge in [-0.25, -0.2) is 0 Å². The zero-order valence-corrected chi connectivity index (χ0v) is 18.2. The monoisotopic (exact) mass is 368 g/mol. The molecule has 0 aliphatic rings. The maximum absolute atomic E-state index is 12.6. The van der Waals surface area contributed by atoms with Crippen molar-refractivity contribution in [3.63, 3.8) is 0 Å². The van der Waals surface area contributed by atoms with Gasteiger partial charge in [-0.15, -0.1) is 0 Å². The first kappa shape index (κ1) is 25.3. The summed E-state index contributed by atoms with van der Waals surface area (Å²) in [5, 5.41) is 0. The van der Waals surface area contributed by atoms with E-state index in [2.05, 4.69) is 44.9 Å². The Morgan fingerprint density at radius 3 is 1.81 bits per heavy atom. The molecule has 0 heterocycles. The standard InChI is InChI=1S/C22H44N2O2/c1-6-7-8-13-20(22(26)15-10-12-19-24(4)5)16-17-21(25)14-9-11-18-23(2)3/h20H,6-19H2,1-5H3. The molecule has 0 rings (SSSR count). The highest BCUT2D eigenvalue weighted by Gasteiger charge is 2.18. The van der Waals surface area contributed by atoms with Crippen molar-refractivity contribution in [3.05, 3.63) is 0 Å². The van der Waals surface area contributed by atoms with Gasteiger partial charge in [0.1, 0.15) is 11.6 Å². The number of ketones is 2. The average Bonchev–Trinajstić information content (AvgIpc) is 2.58. The maximum atomic E-state index is 12.6. The highest BCUT2D eigenvalue weighted by Crippen LogP contribution is 2.20. The molecule has 154 valence electrons. The summed E-state index contributed by atoms with van der Waals surface area (Å²) in [7, 11) is 8.26. The van der Waals surface area contributed by atoms with Gasteiger partial charge in [0, 0.05) is 25.2 Å². The van der Waals surface area contributed by atoms with E-state index in [1.54, 1.807) is 0 Å². The molecule has 0 amide bonds. The quantitative estimate of drug-likeness (QED) is 0.332. The lowest BCUT2D eigenvalue weighted by molar-refractivity contribution is -0.124. The summed E-state index contributed by atoms with van der Waals surface area (Å²) in [5.74, 6) is 0.830. The highest BCUT2D eigenvalue weighted by molar-refractivity contribution is 5.82. The molecule has 0 aliphatic heterocycles. The van der Waals surface area contributed by atoms with Crippen LogP contribution in [0.2, 0.25) is 0 Å². The van der Waals surface area contributed by atoms with E-state index in [1.807, 2.05) is 0 Å². The molecule has 26 heavy (non-hydrogen) atoms. The molecule has 0 N–H and O–H groups in total. The van der Waals surface area contributed by atoms with Crippen LogP contribution in [0.15, 0.2) is 0 Å². The first-order valence-corrected chi connectivity index (χ1v) is 10.7. The third-order valence-corrected chi connectivity index (χ3v) is 4.97. The van der Waals surface area contributed by atoms with E-state index in [-0.39, 0.29) is 5.92 Å². The lowest BCUT2D eigenvalue weighted by Crippen LogP contribution is -2.18. The molecule has 0 aromatic rings. The Hall–Kier alpha value is -0.740. The minimum atomic E-state index is 0.103. The summed E-state index contributed by atoms with van der Waals surface area (Å²) in [5.41, 5.74) is 0. The van der Waals surface area contributed by atoms with Crippen LogP contribution >= 0.6 is 0 Å². The smallest absolute Gasteiger partial charge is 0.135 e. The van der Waals surface area contributed by atoms with Crippen LogP contribution in [0.4, 0.5) is 0 Å². The SMILES string of the molecule is CCCCCC(CCC(=O)CCCCN(C)C)C(=O)CCCCN(C)C. The van der Waals surface area contributed by atoms with Gasteiger partial charge in [0.25, 0.3) is 0 Å². The molecule has 1 atom stereocenters. The number of rotatable bonds is 18. The second-order valence-electron chi connectivity index (χ2n) is 8.26. The zero-order valence-electron chi connectivity index (χ0n) is 18.2. The summed E-state index contributed by atoms with van der Waals surface area (Å²) in [6.07, 6.45) is 11.2. The second kappa shape index (κ2) is 16.4. The van der Waals surface area contributed by atoms with Gasteiger partial charge in [0.15, 0.2) is 0 Å². The van der Waals surface area contributed by atoms with Crippen molar-refractivity contribution in [1.82, 2.24) is 9.80 Å². The van der Waals surface area contributed by atoms with E-state index in [1.165, 1.54) is 12.8 Å². The molecule has 0 bridgehead atoms. The first-order valence-electron chi connectivity index (χ1n) is 10.7. The predicted octanol–water partition coefficient (Wildman–Crippen LogP) is 4.57. The van der Waals surface area contributed by atoms with Crippen LogP contribution in [-0.4, -0.2) is 62.6 Å². The number of hydrogen-bond donors (Lipinski definition) is 0. The van der Waals surface area contributed by atoms with Crippen LogP contribution < -0.4 is 0 Å². The van der Waals surface area contributed by atoms with Crippen LogP contribution in [0.3, 0.4) is 0 Å². The number of hydrogen-bond acceptors (Lipinski definition) is 4. The number of carbonyl (C=O) groups excluding carboxylic acids is 2. The molecule has 1 unspecified atom stereocenters. The fourth-order valence-corrected chi connectivity index (χ4v) is 3.25. The first-order chi connectivity index (χ1) is 12.4. The van der Waals surface area contributed by atoms with Gasteiger partial charge in [-0.3, -0.25) is 9.59 Å². The Labute approximate surface area is 162 Å². The van der Waals surface area contributed by atoms with Crippen molar-refractivity contribution in [3.8, 4) is 0 Å². The van der Waals surface area contributed by atoms with Crippen LogP contribution in [0, 0.1) is 5.92 Å². The number of carbonyl (C=O) groups is 2. The van der Waals surface area contributed by atoms with Gasteiger partial charge in [-0.05, 0) is 79.8 Å². The lowest BCUT2D eigenvalue weighted by Gasteiger charge is -2.16. The summed E-state index contributed by atoms with van der Waals surface area (Å²) in [4.78, 5) is 29.1. The fraction of sp³-hybridized carbons (Fsp3) is 0.909. The molecule has 0 aliphatic carbocycles. The van der Waals surface area contributed by atoms with Crippen LogP contribution in [0.1, 0.15) is 84.0 Å². The largest absolute Gasteiger partial charge is 0.309 e. The minimum Gasteiger partial charge on any atom is -0.309 e. The minimum absolute atomic E-state index is 0.103. The Balaban J connectivity index is 4.18. The van der Waals surface area contributed by atoms with Crippen molar-refractivity contribution in [1.29, 1.82) is 0 Å². The van der Waals surface area contributed by atoms with Gasteiger partial charge < -0.3 is 9.80 Å². The summed E-state index contributed by atoms with van der Waals surface area (Å²) < 4.78 is 0. The fourth-order valence-electron chi connectivity index (χ4n) is 3.25. The van der Waals surface area contributed by atoms with Crippen molar-refractivity contribution < 1.29 is 9.59 Å². The predicted molar refractivity (Wildman–Crippen MR) is 112 cm³/mol. The van der Waals surface area contributed by atoms with E-state index in [4.69, 9.17) is 0 Å². The van der Waals surface area contributed by atoms with Gasteiger partial charge in [0.2, 0.25) is 0 Å². The van der Waals surface area contributed by atoms with Crippen LogP contribution in [-0.2, 0) is 9.59 Å². The Morgan fingerprint density at radius 2 is 1.27 bits per heavy atom. The van der Waals surface area contributed by atoms with Crippen molar-refractivity contribution in [2.24, 2.45) is 5.92 Å². The Kier molecular flexibility index (Phi) is 16.0. The molecule has 0 fully saturated rings. The van der Waals surface area contributed by atoms with E-state index in [9.17, 15) is 9.59 Å². The molecule has 0 aromatic carbocycles. The van der Waals surface area contributed by atoms with E-state index < -0.39 is 0 Å². The van der Waals surface area contributed by atoms with Gasteiger partial charge in [0.05, 0.1) is 0 Å². The van der Waals surface area contributed by atoms with Gasteiger partial charge >= 0.3 is 0 Å². The summed E-state index contributed by atoms with van der Waals surface area (Å²) in [6, 6.07) is 0. The van der Waals surface area contributed by atoms with Gasteiger partial charge in [-0.2, -0.15) is 0 Å². The topological polar surface area (TPSA) is 40.6 Å². The van der Waals surface area contributed by atoms with E-state index in [0.717, 1.165) is 58.0 Å². The van der Waals surface area contributed by atoms with E-state index in [0.29, 0.717) is 30.8 Å². The number of unbranched alkanes of at least 4 members (excludes halogenated alkanes) is 4. The third-order valence-electron chi connectivity index (χ3n) is 4.97. The van der Waals surface area contributed by atoms with Crippen molar-refractivity contribution in [2.75, 3.05) is 41.3 Å². The number of nitrogens with zero attached hydrogens (tertiary/aromatic N) is 2. The molecule has 4 nitrogen and oxygen atoms in total. The molecule has 0 saturated heterocycles. The maximum Gasteiger partial charge on any atom is 0.135 e. The highest BCUT2D eigenvalue weighted by atomic mass is 16.1. The molecule has 0 radical (unpaired) electrons. The Bertz CT molecular complexity index is 367. The Morgan fingerprint density at radius 1 is 0.692 bits per heavy atom. The number of Topliss-reactive ketones (excluding diaryl/α,β-unsaturated/α-hetero) is 2. The molecule has 0 saturated carbocycles. The van der Waals surface area contributed by atoms with Crippen molar-refractivity contribution >= 4 is 11.6 Å². The van der Waals surface area contributed by atoms with Crippen LogP contribution in [0.5, 0.6) is 0 Å². The van der Waals surface area contributed by atoms with E-state index >= 15 is 0 Å². The molecule has 4 heteroatoms. The third kappa shape index (κ3) is 15.5. The molecular formula is C22H44N2O2. The van der Waals surface area contributed by atoms with Crippen molar-refractivity contribution in [2.45, 2.75) is 84.0 Å². The average molecular weight is 369 g/mol.